The van der Waals surface area contributed by atoms with Crippen LogP contribution < -0.4 is 10.1 Å². The average Bonchev–Trinajstić information content (AvgIpc) is 3.45. The molecule has 0 bridgehead atoms. The molecular formula is C24H21N3O3S2. The van der Waals surface area contributed by atoms with E-state index >= 15 is 0 Å². The summed E-state index contributed by atoms with van der Waals surface area (Å²) in [6, 6.07) is 16.6. The maximum Gasteiger partial charge on any atom is 0.254 e. The van der Waals surface area contributed by atoms with Crippen molar-refractivity contribution >= 4 is 49.8 Å². The summed E-state index contributed by atoms with van der Waals surface area (Å²) in [6.07, 6.45) is 0. The molecule has 0 fully saturated rings. The number of thiazole rings is 1. The molecule has 5 rings (SSSR count). The lowest BCUT2D eigenvalue weighted by atomic mass is 9.82. The predicted molar refractivity (Wildman–Crippen MR) is 128 cm³/mol. The van der Waals surface area contributed by atoms with Crippen molar-refractivity contribution in [2.75, 3.05) is 19.0 Å². The number of hydrogen-bond donors (Lipinski definition) is 1. The standard InChI is InChI=1S/C24H21N3O3S2/c1-3-30-14-10-11-17-19(13-14)32-24(25-17)26-22(28)20-15-7-4-5-8-16(15)23(29)27(2)21(20)18-9-6-12-31-18/h4-13,20-21H,3H2,1-2H3,(H,25,26,28). The van der Waals surface area contributed by atoms with Crippen LogP contribution in [0.2, 0.25) is 0 Å². The van der Waals surface area contributed by atoms with Gasteiger partial charge in [0.05, 0.1) is 28.8 Å². The Kier molecular flexibility index (Phi) is 5.40. The third kappa shape index (κ3) is 3.55. The van der Waals surface area contributed by atoms with E-state index in [0.29, 0.717) is 17.3 Å². The topological polar surface area (TPSA) is 71.5 Å². The van der Waals surface area contributed by atoms with Gasteiger partial charge in [-0.05, 0) is 48.2 Å². The molecule has 1 aliphatic rings. The Morgan fingerprint density at radius 2 is 2.03 bits per heavy atom. The zero-order valence-corrected chi connectivity index (χ0v) is 19.2. The van der Waals surface area contributed by atoms with Crippen molar-refractivity contribution in [3.8, 4) is 5.75 Å². The van der Waals surface area contributed by atoms with Gasteiger partial charge in [0.1, 0.15) is 5.75 Å². The lowest BCUT2D eigenvalue weighted by Gasteiger charge is -2.38. The number of benzene rings is 2. The van der Waals surface area contributed by atoms with Crippen molar-refractivity contribution in [2.45, 2.75) is 18.9 Å². The highest BCUT2D eigenvalue weighted by Crippen LogP contribution is 2.44. The molecule has 0 radical (unpaired) electrons. The molecule has 2 aromatic carbocycles. The molecule has 0 saturated carbocycles. The largest absolute Gasteiger partial charge is 0.494 e. The summed E-state index contributed by atoms with van der Waals surface area (Å²) in [5.74, 6) is -0.0232. The molecule has 8 heteroatoms. The Labute approximate surface area is 193 Å². The fraction of sp³-hybridized carbons (Fsp3) is 0.208. The summed E-state index contributed by atoms with van der Waals surface area (Å²) in [7, 11) is 1.76. The number of carbonyl (C=O) groups excluding carboxylic acids is 2. The number of nitrogens with zero attached hydrogens (tertiary/aromatic N) is 2. The van der Waals surface area contributed by atoms with E-state index in [2.05, 4.69) is 10.3 Å². The zero-order chi connectivity index (χ0) is 22.2. The summed E-state index contributed by atoms with van der Waals surface area (Å²) in [4.78, 5) is 33.9. The van der Waals surface area contributed by atoms with Gasteiger partial charge in [-0.3, -0.25) is 9.59 Å². The summed E-state index contributed by atoms with van der Waals surface area (Å²) in [5.41, 5.74) is 2.11. The molecule has 2 amide bonds. The van der Waals surface area contributed by atoms with Gasteiger partial charge >= 0.3 is 0 Å². The van der Waals surface area contributed by atoms with E-state index in [1.54, 1.807) is 29.4 Å². The molecule has 4 aromatic rings. The van der Waals surface area contributed by atoms with Gasteiger partial charge in [-0.25, -0.2) is 4.98 Å². The van der Waals surface area contributed by atoms with E-state index in [4.69, 9.17) is 4.74 Å². The fourth-order valence-electron chi connectivity index (χ4n) is 4.17. The van der Waals surface area contributed by atoms with Gasteiger partial charge in [-0.1, -0.05) is 35.6 Å². The van der Waals surface area contributed by atoms with E-state index < -0.39 is 5.92 Å². The third-order valence-corrected chi connectivity index (χ3v) is 7.47. The fourth-order valence-corrected chi connectivity index (χ4v) is 5.97. The van der Waals surface area contributed by atoms with Crippen LogP contribution >= 0.6 is 22.7 Å². The van der Waals surface area contributed by atoms with Crippen LogP contribution in [0, 0.1) is 0 Å². The quantitative estimate of drug-likeness (QED) is 0.436. The van der Waals surface area contributed by atoms with Crippen molar-refractivity contribution in [1.82, 2.24) is 9.88 Å². The molecule has 3 heterocycles. The van der Waals surface area contributed by atoms with Gasteiger partial charge in [-0.15, -0.1) is 11.3 Å². The Morgan fingerprint density at radius 1 is 1.19 bits per heavy atom. The Morgan fingerprint density at radius 3 is 2.81 bits per heavy atom. The molecule has 2 atom stereocenters. The van der Waals surface area contributed by atoms with Gasteiger partial charge in [0, 0.05) is 17.5 Å². The number of likely N-dealkylation sites (N-methyl/N-ethyl adjacent to an activating group) is 1. The minimum absolute atomic E-state index is 0.0773. The van der Waals surface area contributed by atoms with E-state index in [-0.39, 0.29) is 17.9 Å². The van der Waals surface area contributed by atoms with Gasteiger partial charge in [0.25, 0.3) is 5.91 Å². The highest BCUT2D eigenvalue weighted by Gasteiger charge is 2.43. The third-order valence-electron chi connectivity index (χ3n) is 5.60. The van der Waals surface area contributed by atoms with Gasteiger partial charge in [0.15, 0.2) is 5.13 Å². The van der Waals surface area contributed by atoms with Crippen LogP contribution in [0.5, 0.6) is 5.75 Å². The van der Waals surface area contributed by atoms with Crippen molar-refractivity contribution < 1.29 is 14.3 Å². The van der Waals surface area contributed by atoms with Crippen LogP contribution in [0.3, 0.4) is 0 Å². The molecule has 32 heavy (non-hydrogen) atoms. The molecule has 1 N–H and O–H groups in total. The molecule has 0 aliphatic carbocycles. The first-order chi connectivity index (χ1) is 15.6. The lowest BCUT2D eigenvalue weighted by molar-refractivity contribution is -0.119. The molecule has 6 nitrogen and oxygen atoms in total. The molecule has 1 aliphatic heterocycles. The number of rotatable bonds is 5. The minimum atomic E-state index is -0.543. The normalized spacial score (nSPS) is 17.9. The van der Waals surface area contributed by atoms with Crippen LogP contribution in [0.15, 0.2) is 60.0 Å². The molecule has 2 aromatic heterocycles. The van der Waals surface area contributed by atoms with Crippen LogP contribution in [-0.2, 0) is 4.79 Å². The summed E-state index contributed by atoms with van der Waals surface area (Å²) in [6.45, 7) is 2.53. The van der Waals surface area contributed by atoms with Crippen LogP contribution in [0.4, 0.5) is 5.13 Å². The van der Waals surface area contributed by atoms with Crippen LogP contribution in [0.25, 0.3) is 10.2 Å². The number of thiophene rings is 1. The van der Waals surface area contributed by atoms with Gasteiger partial charge in [-0.2, -0.15) is 0 Å². The van der Waals surface area contributed by atoms with Crippen molar-refractivity contribution in [2.24, 2.45) is 0 Å². The average molecular weight is 464 g/mol. The number of hydrogen-bond acceptors (Lipinski definition) is 6. The second kappa shape index (κ2) is 8.37. The maximum absolute atomic E-state index is 13.6. The Balaban J connectivity index is 1.52. The summed E-state index contributed by atoms with van der Waals surface area (Å²) in [5, 5.41) is 5.51. The number of anilines is 1. The van der Waals surface area contributed by atoms with Crippen molar-refractivity contribution in [3.63, 3.8) is 0 Å². The highest BCUT2D eigenvalue weighted by molar-refractivity contribution is 7.22. The first-order valence-electron chi connectivity index (χ1n) is 10.3. The predicted octanol–water partition coefficient (Wildman–Crippen LogP) is 5.31. The minimum Gasteiger partial charge on any atom is -0.494 e. The number of amides is 2. The lowest BCUT2D eigenvalue weighted by Crippen LogP contribution is -2.43. The van der Waals surface area contributed by atoms with E-state index in [9.17, 15) is 9.59 Å². The molecule has 0 spiro atoms. The second-order valence-corrected chi connectivity index (χ2v) is 9.52. The Hall–Kier alpha value is -3.23. The van der Waals surface area contributed by atoms with E-state index in [0.717, 1.165) is 26.4 Å². The van der Waals surface area contributed by atoms with Gasteiger partial charge < -0.3 is 15.0 Å². The van der Waals surface area contributed by atoms with Crippen molar-refractivity contribution in [1.29, 1.82) is 0 Å². The molecule has 0 saturated heterocycles. The first-order valence-corrected chi connectivity index (χ1v) is 12.0. The number of fused-ring (bicyclic) bond motifs is 2. The van der Waals surface area contributed by atoms with Crippen molar-refractivity contribution in [3.05, 3.63) is 76.0 Å². The summed E-state index contributed by atoms with van der Waals surface area (Å²) >= 11 is 2.96. The van der Waals surface area contributed by atoms with Crippen LogP contribution in [0.1, 0.15) is 39.7 Å². The van der Waals surface area contributed by atoms with Crippen LogP contribution in [-0.4, -0.2) is 35.4 Å². The molecule has 162 valence electrons. The Bertz CT molecular complexity index is 1300. The number of ether oxygens (including phenoxy) is 1. The zero-order valence-electron chi connectivity index (χ0n) is 17.6. The SMILES string of the molecule is CCOc1ccc2nc(NC(=O)C3c4ccccc4C(=O)N(C)C3c3cccs3)sc2c1. The number of carbonyl (C=O) groups is 2. The smallest absolute Gasteiger partial charge is 0.254 e. The van der Waals surface area contributed by atoms with E-state index in [1.165, 1.54) is 11.3 Å². The number of nitrogens with one attached hydrogen (secondary N) is 1. The monoisotopic (exact) mass is 463 g/mol. The van der Waals surface area contributed by atoms with E-state index in [1.807, 2.05) is 60.8 Å². The first kappa shape index (κ1) is 20.7. The highest BCUT2D eigenvalue weighted by atomic mass is 32.1. The molecular weight excluding hydrogens is 442 g/mol. The molecule has 2 unspecified atom stereocenters. The van der Waals surface area contributed by atoms with Gasteiger partial charge in [0.2, 0.25) is 5.91 Å². The number of aromatic nitrogens is 1. The maximum atomic E-state index is 13.6. The summed E-state index contributed by atoms with van der Waals surface area (Å²) < 4.78 is 6.51. The second-order valence-electron chi connectivity index (χ2n) is 7.51.